The van der Waals surface area contributed by atoms with Crippen LogP contribution in [0.5, 0.6) is 0 Å². The zero-order valence-electron chi connectivity index (χ0n) is 12.0. The molecule has 0 saturated carbocycles. The van der Waals surface area contributed by atoms with Gasteiger partial charge in [0.05, 0.1) is 16.8 Å². The fourth-order valence-electron chi connectivity index (χ4n) is 2.34. The summed E-state index contributed by atoms with van der Waals surface area (Å²) < 4.78 is 24.6. The van der Waals surface area contributed by atoms with Gasteiger partial charge in [0.25, 0.3) is 0 Å². The van der Waals surface area contributed by atoms with Crippen molar-refractivity contribution in [1.82, 2.24) is 19.9 Å². The van der Waals surface area contributed by atoms with E-state index in [9.17, 15) is 13.2 Å². The van der Waals surface area contributed by atoms with Crippen molar-refractivity contribution in [2.75, 3.05) is 11.5 Å². The first kappa shape index (κ1) is 15.3. The van der Waals surface area contributed by atoms with Crippen molar-refractivity contribution in [3.63, 3.8) is 0 Å². The van der Waals surface area contributed by atoms with Crippen molar-refractivity contribution in [1.29, 1.82) is 0 Å². The summed E-state index contributed by atoms with van der Waals surface area (Å²) in [4.78, 5) is 12.2. The number of fused-ring (bicyclic) bond motifs is 1. The van der Waals surface area contributed by atoms with Crippen LogP contribution in [0.3, 0.4) is 0 Å². The summed E-state index contributed by atoms with van der Waals surface area (Å²) in [5, 5.41) is 11.2. The molecule has 2 aromatic heterocycles. The highest BCUT2D eigenvalue weighted by Gasteiger charge is 2.30. The topological polar surface area (TPSA) is 93.4 Å². The first-order valence-corrected chi connectivity index (χ1v) is 9.62. The highest BCUT2D eigenvalue weighted by atomic mass is 32.2. The highest BCUT2D eigenvalue weighted by Crippen LogP contribution is 2.22. The number of carbonyl (C=O) groups is 1. The molecule has 1 N–H and O–H groups in total. The van der Waals surface area contributed by atoms with Crippen molar-refractivity contribution in [3.8, 4) is 0 Å². The summed E-state index contributed by atoms with van der Waals surface area (Å²) in [6.07, 6.45) is 2.32. The lowest BCUT2D eigenvalue weighted by Crippen LogP contribution is -2.40. The first-order chi connectivity index (χ1) is 10.4. The zero-order chi connectivity index (χ0) is 15.7. The van der Waals surface area contributed by atoms with Crippen LogP contribution in [0.1, 0.15) is 13.3 Å². The number of hydrogen-bond acceptors (Lipinski definition) is 6. The first-order valence-electron chi connectivity index (χ1n) is 6.92. The Balaban J connectivity index is 1.64. The van der Waals surface area contributed by atoms with E-state index in [1.807, 2.05) is 28.8 Å². The molecule has 2 aromatic rings. The molecule has 0 bridgehead atoms. The maximum absolute atomic E-state index is 12.2. The van der Waals surface area contributed by atoms with Gasteiger partial charge < -0.3 is 5.32 Å². The highest BCUT2D eigenvalue weighted by molar-refractivity contribution is 8.00. The molecule has 0 unspecified atom stereocenters. The van der Waals surface area contributed by atoms with E-state index in [4.69, 9.17) is 0 Å². The van der Waals surface area contributed by atoms with Crippen molar-refractivity contribution in [2.24, 2.45) is 0 Å². The molecule has 0 spiro atoms. The molecule has 1 aliphatic heterocycles. The predicted molar refractivity (Wildman–Crippen MR) is 83.5 cm³/mol. The standard InChI is InChI=1S/C13H16N4O3S2/c1-9(12(18)14-10-5-7-22(19,20)8-10)21-13-16-15-11-4-2-3-6-17(11)13/h2-4,6,9-10H,5,7-8H2,1H3,(H,14,18)/t9-,10+/m0/s1. The van der Waals surface area contributed by atoms with Gasteiger partial charge in [-0.2, -0.15) is 0 Å². The van der Waals surface area contributed by atoms with Crippen molar-refractivity contribution < 1.29 is 13.2 Å². The number of pyridine rings is 1. The average molecular weight is 340 g/mol. The molecule has 3 rings (SSSR count). The Bertz CT molecular complexity index is 802. The Labute approximate surface area is 132 Å². The van der Waals surface area contributed by atoms with E-state index in [1.54, 1.807) is 6.92 Å². The maximum Gasteiger partial charge on any atom is 0.233 e. The van der Waals surface area contributed by atoms with Crippen LogP contribution >= 0.6 is 11.8 Å². The van der Waals surface area contributed by atoms with Gasteiger partial charge in [-0.05, 0) is 25.5 Å². The van der Waals surface area contributed by atoms with Crippen molar-refractivity contribution >= 4 is 33.2 Å². The van der Waals surface area contributed by atoms with E-state index in [0.29, 0.717) is 11.6 Å². The lowest BCUT2D eigenvalue weighted by Gasteiger charge is -2.14. The van der Waals surface area contributed by atoms with Crippen LogP contribution in [0.15, 0.2) is 29.6 Å². The minimum Gasteiger partial charge on any atom is -0.351 e. The lowest BCUT2D eigenvalue weighted by atomic mass is 10.2. The maximum atomic E-state index is 12.2. The van der Waals surface area contributed by atoms with Crippen LogP contribution in [0, 0.1) is 0 Å². The van der Waals surface area contributed by atoms with Crippen molar-refractivity contribution in [2.45, 2.75) is 29.8 Å². The molecule has 22 heavy (non-hydrogen) atoms. The summed E-state index contributed by atoms with van der Waals surface area (Å²) in [5.41, 5.74) is 0.722. The van der Waals surface area contributed by atoms with Gasteiger partial charge in [-0.3, -0.25) is 9.20 Å². The molecule has 9 heteroatoms. The Kier molecular flexibility index (Phi) is 4.09. The number of thioether (sulfide) groups is 1. The molecule has 1 saturated heterocycles. The molecule has 1 fully saturated rings. The normalized spacial score (nSPS) is 21.8. The molecule has 2 atom stereocenters. The SMILES string of the molecule is C[C@H](Sc1nnc2ccccn12)C(=O)N[C@@H]1CCS(=O)(=O)C1. The summed E-state index contributed by atoms with van der Waals surface area (Å²) in [7, 11) is -2.99. The smallest absolute Gasteiger partial charge is 0.233 e. The number of sulfone groups is 1. The van der Waals surface area contributed by atoms with E-state index in [2.05, 4.69) is 15.5 Å². The van der Waals surface area contributed by atoms with Gasteiger partial charge in [0, 0.05) is 12.2 Å². The van der Waals surface area contributed by atoms with Gasteiger partial charge >= 0.3 is 0 Å². The molecule has 1 amide bonds. The Morgan fingerprint density at radius 2 is 2.27 bits per heavy atom. The van der Waals surface area contributed by atoms with E-state index in [1.165, 1.54) is 11.8 Å². The van der Waals surface area contributed by atoms with Gasteiger partial charge in [-0.15, -0.1) is 10.2 Å². The second kappa shape index (κ2) is 5.88. The number of hydrogen-bond donors (Lipinski definition) is 1. The minimum atomic E-state index is -2.99. The fourth-order valence-corrected chi connectivity index (χ4v) is 4.86. The van der Waals surface area contributed by atoms with E-state index in [-0.39, 0.29) is 28.7 Å². The second-order valence-corrected chi connectivity index (χ2v) is 8.82. The summed E-state index contributed by atoms with van der Waals surface area (Å²) in [5.74, 6) is -0.00191. The predicted octanol–water partition coefficient (Wildman–Crippen LogP) is 0.513. The lowest BCUT2D eigenvalue weighted by molar-refractivity contribution is -0.120. The quantitative estimate of drug-likeness (QED) is 0.815. The number of nitrogens with one attached hydrogen (secondary N) is 1. The molecule has 1 aliphatic rings. The van der Waals surface area contributed by atoms with Gasteiger partial charge in [-0.25, -0.2) is 8.42 Å². The number of nitrogens with zero attached hydrogens (tertiary/aromatic N) is 3. The third kappa shape index (κ3) is 3.25. The van der Waals surface area contributed by atoms with Gasteiger partial charge in [0.1, 0.15) is 0 Å². The molecule has 0 radical (unpaired) electrons. The van der Waals surface area contributed by atoms with Crippen LogP contribution < -0.4 is 5.32 Å². The molecular formula is C13H16N4O3S2. The summed E-state index contributed by atoms with van der Waals surface area (Å²) in [6, 6.07) is 5.30. The van der Waals surface area contributed by atoms with Gasteiger partial charge in [-0.1, -0.05) is 17.8 Å². The molecule has 7 nitrogen and oxygen atoms in total. The summed E-state index contributed by atoms with van der Waals surface area (Å²) >= 11 is 1.30. The Hall–Kier alpha value is -1.61. The third-order valence-corrected chi connectivity index (χ3v) is 6.34. The fraction of sp³-hybridized carbons (Fsp3) is 0.462. The van der Waals surface area contributed by atoms with Gasteiger partial charge in [0.2, 0.25) is 5.91 Å². The van der Waals surface area contributed by atoms with Crippen molar-refractivity contribution in [3.05, 3.63) is 24.4 Å². The number of carbonyl (C=O) groups excluding carboxylic acids is 1. The molecule has 118 valence electrons. The Morgan fingerprint density at radius 1 is 1.45 bits per heavy atom. The molecule has 0 aliphatic carbocycles. The monoisotopic (exact) mass is 340 g/mol. The number of amides is 1. The number of rotatable bonds is 4. The van der Waals surface area contributed by atoms with Crippen LogP contribution in [-0.4, -0.2) is 51.7 Å². The average Bonchev–Trinajstić information content (AvgIpc) is 3.03. The van der Waals surface area contributed by atoms with Crippen LogP contribution in [0.2, 0.25) is 0 Å². The molecule has 3 heterocycles. The second-order valence-electron chi connectivity index (χ2n) is 5.28. The van der Waals surface area contributed by atoms with Crippen LogP contribution in [-0.2, 0) is 14.6 Å². The van der Waals surface area contributed by atoms with Crippen LogP contribution in [0.25, 0.3) is 5.65 Å². The van der Waals surface area contributed by atoms with Crippen LogP contribution in [0.4, 0.5) is 0 Å². The molecule has 0 aromatic carbocycles. The third-order valence-electron chi connectivity index (χ3n) is 3.51. The van der Waals surface area contributed by atoms with Gasteiger partial charge in [0.15, 0.2) is 20.6 Å². The largest absolute Gasteiger partial charge is 0.351 e. The van der Waals surface area contributed by atoms with E-state index >= 15 is 0 Å². The van der Waals surface area contributed by atoms with E-state index < -0.39 is 9.84 Å². The number of aromatic nitrogens is 3. The summed E-state index contributed by atoms with van der Waals surface area (Å²) in [6.45, 7) is 1.77. The molecular weight excluding hydrogens is 324 g/mol. The minimum absolute atomic E-state index is 0.0317. The Morgan fingerprint density at radius 3 is 3.00 bits per heavy atom. The van der Waals surface area contributed by atoms with E-state index in [0.717, 1.165) is 5.65 Å². The zero-order valence-corrected chi connectivity index (χ0v) is 13.6.